The molecule has 24 heavy (non-hydrogen) atoms. The first-order valence-electron chi connectivity index (χ1n) is 9.45. The maximum Gasteiger partial charge on any atom is 0.237 e. The molecule has 5 nitrogen and oxygen atoms in total. The zero-order valence-electron chi connectivity index (χ0n) is 15.6. The molecule has 0 bridgehead atoms. The average molecular weight is 335 g/mol. The van der Waals surface area contributed by atoms with E-state index in [4.69, 9.17) is 5.26 Å². The molecule has 0 aromatic heterocycles. The number of nitriles is 1. The van der Waals surface area contributed by atoms with Gasteiger partial charge in [-0.1, -0.05) is 20.8 Å². The lowest BCUT2D eigenvalue weighted by molar-refractivity contribution is -0.131. The number of rotatable bonds is 7. The van der Waals surface area contributed by atoms with Crippen LogP contribution in [-0.4, -0.2) is 46.7 Å². The van der Waals surface area contributed by atoms with Crippen LogP contribution in [0.15, 0.2) is 0 Å². The second-order valence-corrected chi connectivity index (χ2v) is 8.13. The lowest BCUT2D eigenvalue weighted by Gasteiger charge is -2.29. The number of carbonyl (C=O) groups is 1. The second kappa shape index (κ2) is 7.84. The van der Waals surface area contributed by atoms with Crippen molar-refractivity contribution in [3.63, 3.8) is 0 Å². The topological polar surface area (TPSA) is 76.4 Å². The van der Waals surface area contributed by atoms with Crippen molar-refractivity contribution in [3.05, 3.63) is 0 Å². The van der Waals surface area contributed by atoms with Crippen LogP contribution in [-0.2, 0) is 4.79 Å². The van der Waals surface area contributed by atoms with E-state index in [1.807, 2.05) is 6.92 Å². The summed E-state index contributed by atoms with van der Waals surface area (Å²) in [6.07, 6.45) is 4.76. The van der Waals surface area contributed by atoms with Crippen molar-refractivity contribution in [3.8, 4) is 6.07 Å². The Balaban J connectivity index is 1.81. The van der Waals surface area contributed by atoms with E-state index in [0.717, 1.165) is 32.1 Å². The van der Waals surface area contributed by atoms with Gasteiger partial charge in [-0.15, -0.1) is 0 Å². The molecular weight excluding hydrogens is 302 g/mol. The summed E-state index contributed by atoms with van der Waals surface area (Å²) in [4.78, 5) is 14.1. The molecular formula is C19H33N3O2. The van der Waals surface area contributed by atoms with E-state index < -0.39 is 5.60 Å². The maximum atomic E-state index is 12.4. The number of carbonyl (C=O) groups excluding carboxylic acids is 1. The smallest absolute Gasteiger partial charge is 0.237 e. The van der Waals surface area contributed by atoms with Crippen molar-refractivity contribution in [1.29, 1.82) is 5.26 Å². The van der Waals surface area contributed by atoms with Gasteiger partial charge >= 0.3 is 0 Å². The van der Waals surface area contributed by atoms with Gasteiger partial charge in [0, 0.05) is 12.6 Å². The molecule has 5 atom stereocenters. The largest absolute Gasteiger partial charge is 0.390 e. The number of aliphatic hydroxyl groups is 1. The van der Waals surface area contributed by atoms with Crippen molar-refractivity contribution >= 4 is 5.91 Å². The van der Waals surface area contributed by atoms with Crippen molar-refractivity contribution in [2.75, 3.05) is 13.1 Å². The Morgan fingerprint density at radius 2 is 1.92 bits per heavy atom. The Kier molecular flexibility index (Phi) is 6.28. The minimum atomic E-state index is -0.490. The fraction of sp³-hybridized carbons (Fsp3) is 0.895. The lowest BCUT2D eigenvalue weighted by Crippen LogP contribution is -2.45. The first-order chi connectivity index (χ1) is 11.3. The van der Waals surface area contributed by atoms with E-state index in [1.54, 1.807) is 11.8 Å². The summed E-state index contributed by atoms with van der Waals surface area (Å²) in [5.74, 6) is 1.48. The SMILES string of the molecule is CCCN(C(=O)CNC1C[C@@H]2CC(O)(C(C)C)C[C@@H]2C1)C(C)C#N. The fourth-order valence-corrected chi connectivity index (χ4v) is 4.52. The van der Waals surface area contributed by atoms with Crippen molar-refractivity contribution in [2.24, 2.45) is 17.8 Å². The third kappa shape index (κ3) is 4.10. The van der Waals surface area contributed by atoms with Gasteiger partial charge in [-0.2, -0.15) is 5.26 Å². The van der Waals surface area contributed by atoms with Crippen molar-refractivity contribution < 1.29 is 9.90 Å². The Labute approximate surface area is 146 Å². The fourth-order valence-electron chi connectivity index (χ4n) is 4.52. The monoisotopic (exact) mass is 335 g/mol. The molecule has 2 rings (SSSR count). The summed E-state index contributed by atoms with van der Waals surface area (Å²) < 4.78 is 0. The summed E-state index contributed by atoms with van der Waals surface area (Å²) in [5.41, 5.74) is -0.490. The molecule has 2 N–H and O–H groups in total. The van der Waals surface area contributed by atoms with Crippen LogP contribution in [0.25, 0.3) is 0 Å². The third-order valence-corrected chi connectivity index (χ3v) is 6.13. The van der Waals surface area contributed by atoms with E-state index in [0.29, 0.717) is 36.9 Å². The van der Waals surface area contributed by atoms with Gasteiger partial charge in [0.05, 0.1) is 18.2 Å². The highest BCUT2D eigenvalue weighted by Crippen LogP contribution is 2.51. The van der Waals surface area contributed by atoms with Crippen LogP contribution < -0.4 is 5.32 Å². The predicted molar refractivity (Wildman–Crippen MR) is 94.1 cm³/mol. The van der Waals surface area contributed by atoms with Crippen LogP contribution in [0.3, 0.4) is 0 Å². The molecule has 0 aliphatic heterocycles. The number of nitrogens with one attached hydrogen (secondary N) is 1. The Morgan fingerprint density at radius 3 is 2.38 bits per heavy atom. The molecule has 2 fully saturated rings. The number of amides is 1. The Morgan fingerprint density at radius 1 is 1.33 bits per heavy atom. The molecule has 1 amide bonds. The minimum Gasteiger partial charge on any atom is -0.390 e. The van der Waals surface area contributed by atoms with Gasteiger partial charge < -0.3 is 15.3 Å². The number of fused-ring (bicyclic) bond motifs is 1. The number of hydrogen-bond acceptors (Lipinski definition) is 4. The highest BCUT2D eigenvalue weighted by atomic mass is 16.3. The number of hydrogen-bond donors (Lipinski definition) is 2. The highest BCUT2D eigenvalue weighted by Gasteiger charge is 2.49. The first-order valence-corrected chi connectivity index (χ1v) is 9.45. The molecule has 2 aliphatic rings. The third-order valence-electron chi connectivity index (χ3n) is 6.13. The van der Waals surface area contributed by atoms with Gasteiger partial charge in [0.25, 0.3) is 0 Å². The van der Waals surface area contributed by atoms with Crippen LogP contribution >= 0.6 is 0 Å². The molecule has 2 saturated carbocycles. The van der Waals surface area contributed by atoms with Crippen molar-refractivity contribution in [2.45, 2.75) is 77.5 Å². The van der Waals surface area contributed by atoms with Gasteiger partial charge in [-0.3, -0.25) is 4.79 Å². The maximum absolute atomic E-state index is 12.4. The lowest BCUT2D eigenvalue weighted by atomic mass is 9.86. The van der Waals surface area contributed by atoms with Crippen LogP contribution in [0.2, 0.25) is 0 Å². The van der Waals surface area contributed by atoms with Crippen LogP contribution in [0.4, 0.5) is 0 Å². The highest BCUT2D eigenvalue weighted by molar-refractivity contribution is 5.78. The predicted octanol–water partition coefficient (Wildman–Crippen LogP) is 2.30. The first kappa shape index (κ1) is 19.2. The summed E-state index contributed by atoms with van der Waals surface area (Å²) in [5, 5.41) is 23.2. The molecule has 136 valence electrons. The number of nitrogens with zero attached hydrogens (tertiary/aromatic N) is 2. The summed E-state index contributed by atoms with van der Waals surface area (Å²) in [7, 11) is 0. The molecule has 3 unspecified atom stereocenters. The van der Waals surface area contributed by atoms with E-state index in [-0.39, 0.29) is 11.9 Å². The molecule has 2 aliphatic carbocycles. The normalized spacial score (nSPS) is 33.3. The molecule has 0 radical (unpaired) electrons. The van der Waals surface area contributed by atoms with Crippen LogP contribution in [0.1, 0.15) is 59.8 Å². The van der Waals surface area contributed by atoms with Gasteiger partial charge in [0.15, 0.2) is 0 Å². The van der Waals surface area contributed by atoms with Crippen molar-refractivity contribution in [1.82, 2.24) is 10.2 Å². The molecule has 0 spiro atoms. The van der Waals surface area contributed by atoms with E-state index >= 15 is 0 Å². The van der Waals surface area contributed by atoms with E-state index in [2.05, 4.69) is 25.2 Å². The summed E-state index contributed by atoms with van der Waals surface area (Å²) in [6, 6.07) is 2.15. The van der Waals surface area contributed by atoms with Crippen LogP contribution in [0.5, 0.6) is 0 Å². The molecule has 5 heteroatoms. The van der Waals surface area contributed by atoms with Gasteiger partial charge in [-0.05, 0) is 56.8 Å². The Hall–Kier alpha value is -1.12. The zero-order valence-corrected chi connectivity index (χ0v) is 15.6. The second-order valence-electron chi connectivity index (χ2n) is 8.13. The molecule has 0 heterocycles. The Bertz CT molecular complexity index is 471. The summed E-state index contributed by atoms with van der Waals surface area (Å²) in [6.45, 7) is 8.95. The summed E-state index contributed by atoms with van der Waals surface area (Å²) >= 11 is 0. The molecule has 0 aromatic carbocycles. The van der Waals surface area contributed by atoms with Gasteiger partial charge in [0.1, 0.15) is 6.04 Å². The zero-order chi connectivity index (χ0) is 17.9. The quantitative estimate of drug-likeness (QED) is 0.748. The van der Waals surface area contributed by atoms with Gasteiger partial charge in [0.2, 0.25) is 5.91 Å². The standard InChI is InChI=1S/C19H33N3O2/c1-5-6-22(14(4)11-20)18(23)12-21-17-7-15-9-19(24,13(2)3)10-16(15)8-17/h13-17,21,24H,5-10,12H2,1-4H3/t14?,15-,16+,17?,19?. The molecule has 0 saturated heterocycles. The average Bonchev–Trinajstić information content (AvgIpc) is 3.04. The van der Waals surface area contributed by atoms with Crippen LogP contribution in [0, 0.1) is 29.1 Å². The van der Waals surface area contributed by atoms with Gasteiger partial charge in [-0.25, -0.2) is 0 Å². The van der Waals surface area contributed by atoms with E-state index in [9.17, 15) is 9.90 Å². The molecule has 0 aromatic rings. The minimum absolute atomic E-state index is 0.0154. The van der Waals surface area contributed by atoms with E-state index in [1.165, 1.54) is 0 Å².